The third-order valence-corrected chi connectivity index (χ3v) is 17.6. The van der Waals surface area contributed by atoms with E-state index in [2.05, 4.69) is 37.2 Å². The zero-order valence-corrected chi connectivity index (χ0v) is 74.3. The van der Waals surface area contributed by atoms with E-state index in [1.165, 1.54) is 20.8 Å². The van der Waals surface area contributed by atoms with Crippen molar-refractivity contribution in [2.24, 2.45) is 5.73 Å². The van der Waals surface area contributed by atoms with Crippen molar-refractivity contribution in [3.8, 4) is 0 Å². The molecule has 48 heteroatoms. The summed E-state index contributed by atoms with van der Waals surface area (Å²) in [6.07, 6.45) is -13.8. The van der Waals surface area contributed by atoms with Crippen LogP contribution in [0.15, 0.2) is 0 Å². The highest BCUT2D eigenvalue weighted by molar-refractivity contribution is 5.79. The largest absolute Gasteiger partial charge is 0.463 e. The van der Waals surface area contributed by atoms with Crippen molar-refractivity contribution >= 4 is 95.1 Å². The minimum absolute atomic E-state index is 0.0183. The molecule has 15 atom stereocenters. The summed E-state index contributed by atoms with van der Waals surface area (Å²) in [7, 11) is 0. The van der Waals surface area contributed by atoms with Crippen LogP contribution in [0.1, 0.15) is 128 Å². The first-order valence-electron chi connectivity index (χ1n) is 41.6. The number of rotatable bonds is 66. The monoisotopic (exact) mass is 1830 g/mol. The fourth-order valence-corrected chi connectivity index (χ4v) is 12.5. The summed E-state index contributed by atoms with van der Waals surface area (Å²) >= 11 is 0. The number of esters is 9. The van der Waals surface area contributed by atoms with Crippen LogP contribution in [0, 0.1) is 0 Å². The molecular formula is C79H130N8O40. The van der Waals surface area contributed by atoms with Gasteiger partial charge in [-0.2, -0.15) is 0 Å². The third-order valence-electron chi connectivity index (χ3n) is 17.6. The fraction of sp³-hybridized carbons (Fsp3) is 0.797. The fourth-order valence-electron chi connectivity index (χ4n) is 12.5. The third kappa shape index (κ3) is 49.9. The van der Waals surface area contributed by atoms with E-state index in [4.69, 9.17) is 119 Å². The predicted molar refractivity (Wildman–Crippen MR) is 429 cm³/mol. The molecule has 3 heterocycles. The molecule has 48 nitrogen and oxygen atoms in total. The van der Waals surface area contributed by atoms with Gasteiger partial charge in [-0.05, 0) is 19.4 Å². The number of carbonyl (C=O) groups excluding carboxylic acids is 16. The molecule has 0 saturated carbocycles. The van der Waals surface area contributed by atoms with Crippen LogP contribution < -0.4 is 43.0 Å². The Morgan fingerprint density at radius 1 is 0.283 bits per heavy atom. The number of nitrogens with one attached hydrogen (secondary N) is 7. The van der Waals surface area contributed by atoms with Crippen LogP contribution in [0.3, 0.4) is 0 Å². The summed E-state index contributed by atoms with van der Waals surface area (Å²) in [6, 6.07) is -3.52. The van der Waals surface area contributed by atoms with Gasteiger partial charge in [-0.15, -0.1) is 0 Å². The Kier molecular flexibility index (Phi) is 57.0. The highest BCUT2D eigenvalue weighted by Gasteiger charge is 2.55. The van der Waals surface area contributed by atoms with Gasteiger partial charge in [0.25, 0.3) is 0 Å². The molecule has 3 fully saturated rings. The Labute approximate surface area is 736 Å². The van der Waals surface area contributed by atoms with E-state index in [0.29, 0.717) is 25.8 Å². The summed E-state index contributed by atoms with van der Waals surface area (Å²) in [6.45, 7) is 12.2. The topological polar surface area (TPSA) is 605 Å². The highest BCUT2D eigenvalue weighted by atomic mass is 16.7. The van der Waals surface area contributed by atoms with Crippen molar-refractivity contribution in [2.45, 2.75) is 226 Å². The maximum absolute atomic E-state index is 13.7. The molecule has 15 unspecified atom stereocenters. The molecular weight excluding hydrogens is 1700 g/mol. The number of carbonyl (C=O) groups is 16. The van der Waals surface area contributed by atoms with Crippen LogP contribution >= 0.6 is 0 Å². The maximum Gasteiger partial charge on any atom is 0.303 e. The van der Waals surface area contributed by atoms with Crippen LogP contribution in [0.25, 0.3) is 0 Å². The number of nitrogens with two attached hydrogens (primary N) is 1. The average molecular weight is 1830 g/mol. The zero-order valence-electron chi connectivity index (χ0n) is 74.3. The van der Waals surface area contributed by atoms with E-state index < -0.39 is 212 Å². The van der Waals surface area contributed by atoms with Gasteiger partial charge in [0.1, 0.15) is 61.8 Å². The van der Waals surface area contributed by atoms with Crippen LogP contribution in [0.4, 0.5) is 0 Å². The van der Waals surface area contributed by atoms with Crippen molar-refractivity contribution in [2.75, 3.05) is 185 Å². The first kappa shape index (κ1) is 112. The number of amides is 7. The average Bonchev–Trinajstić information content (AvgIpc) is 0.795. The molecule has 3 aliphatic heterocycles. The van der Waals surface area contributed by atoms with Crippen molar-refractivity contribution in [3.63, 3.8) is 0 Å². The van der Waals surface area contributed by atoms with Gasteiger partial charge in [0.15, 0.2) is 55.5 Å². The van der Waals surface area contributed by atoms with E-state index in [0.717, 1.165) is 62.3 Å². The summed E-state index contributed by atoms with van der Waals surface area (Å²) < 4.78 is 136. The Morgan fingerprint density at radius 3 is 0.795 bits per heavy atom. The van der Waals surface area contributed by atoms with Crippen molar-refractivity contribution in [1.82, 2.24) is 37.2 Å². The number of unbranched alkanes of at least 4 members (excludes halogenated alkanes) is 2. The van der Waals surface area contributed by atoms with Gasteiger partial charge >= 0.3 is 53.7 Å². The lowest BCUT2D eigenvalue weighted by molar-refractivity contribution is -0.279. The van der Waals surface area contributed by atoms with Gasteiger partial charge < -0.3 is 157 Å². The molecule has 3 rings (SSSR count). The SMILES string of the molecule is CC(=O)NC1C(OCCOCCOCCNC(=O)CCOCC(COCCC(=O)NCCOCCOCCOC2OC(COC(C)=O)C(OC(C)=O)C(OC(C)=O)C2NC(C)=O)(COCCC(=O)NCCOCCOCCOC2OC(COC(C)=O)C(OC(C)=O)C(OC(C)=O)C2NC(C)=O)NC(=O)CCCCCN)OC(COC(C)=O)C(OC(C)=O)C1OC(C)=O. The normalized spacial score (nSPS) is 22.4. The maximum atomic E-state index is 13.7. The minimum atomic E-state index is -1.45. The molecule has 0 aromatic rings. The molecule has 0 aromatic carbocycles. The van der Waals surface area contributed by atoms with E-state index in [1.807, 2.05) is 0 Å². The minimum Gasteiger partial charge on any atom is -0.463 e. The molecule has 9 N–H and O–H groups in total. The second-order valence-corrected chi connectivity index (χ2v) is 28.8. The Hall–Kier alpha value is -9.12. The Balaban J connectivity index is 1.59. The van der Waals surface area contributed by atoms with Crippen molar-refractivity contribution in [1.29, 1.82) is 0 Å². The van der Waals surface area contributed by atoms with Gasteiger partial charge in [-0.1, -0.05) is 6.42 Å². The van der Waals surface area contributed by atoms with E-state index in [-0.39, 0.29) is 184 Å². The van der Waals surface area contributed by atoms with Crippen LogP contribution in [-0.4, -0.2) is 377 Å². The van der Waals surface area contributed by atoms with Crippen LogP contribution in [0.2, 0.25) is 0 Å². The second-order valence-electron chi connectivity index (χ2n) is 28.8. The first-order valence-corrected chi connectivity index (χ1v) is 41.6. The van der Waals surface area contributed by atoms with E-state index in [9.17, 15) is 76.7 Å². The van der Waals surface area contributed by atoms with Gasteiger partial charge in [0.2, 0.25) is 41.4 Å². The van der Waals surface area contributed by atoms with Crippen LogP contribution in [-0.2, 0) is 190 Å². The van der Waals surface area contributed by atoms with Gasteiger partial charge in [-0.3, -0.25) is 76.7 Å². The quantitative estimate of drug-likeness (QED) is 0.0164. The summed E-state index contributed by atoms with van der Waals surface area (Å²) in [5.74, 6) is -9.94. The predicted octanol–water partition coefficient (Wildman–Crippen LogP) is -3.95. The molecule has 7 amide bonds. The molecule has 0 aromatic heterocycles. The number of hydrogen-bond donors (Lipinski definition) is 8. The summed E-state index contributed by atoms with van der Waals surface area (Å²) in [5, 5.41) is 19.0. The molecule has 127 heavy (non-hydrogen) atoms. The molecule has 0 spiro atoms. The lowest BCUT2D eigenvalue weighted by atomic mass is 9.96. The van der Waals surface area contributed by atoms with E-state index >= 15 is 0 Å². The lowest BCUT2D eigenvalue weighted by Crippen LogP contribution is -2.66. The first-order chi connectivity index (χ1) is 60.5. The molecule has 0 aliphatic carbocycles. The Bertz CT molecular complexity index is 3070. The lowest BCUT2D eigenvalue weighted by Gasteiger charge is -2.44. The number of hydrogen-bond acceptors (Lipinski definition) is 41. The molecule has 3 saturated heterocycles. The van der Waals surface area contributed by atoms with Gasteiger partial charge in [0.05, 0.1) is 139 Å². The molecule has 0 radical (unpaired) electrons. The Morgan fingerprint density at radius 2 is 0.543 bits per heavy atom. The molecule has 726 valence electrons. The second kappa shape index (κ2) is 64.6. The zero-order chi connectivity index (χ0) is 94.1. The number of ether oxygens (including phenoxy) is 24. The van der Waals surface area contributed by atoms with Crippen LogP contribution in [0.5, 0.6) is 0 Å². The summed E-state index contributed by atoms with van der Waals surface area (Å²) in [4.78, 5) is 198. The highest BCUT2D eigenvalue weighted by Crippen LogP contribution is 2.32. The molecule has 0 bridgehead atoms. The van der Waals surface area contributed by atoms with E-state index in [1.54, 1.807) is 0 Å². The standard InChI is InChI=1S/C79H130N8O40/c1-48(88)84-67-73(122-57(10)97)70(119-54(7)94)60(42-116-51(4)91)125-76(67)113-39-36-107-33-30-104-27-21-81-63(100)17-24-110-45-79(87-66(103)16-14-13-15-20-80,46-111-25-18-64(101)82-22-28-105-31-34-108-37-40-114-77-68(85-49(2)89)74(123-58(11)98)71(120-55(8)95)61(126-77)43-117-52(5)92)47-112-26-19-65(102)83-23-29-106-32-35-109-38-41-115-78-69(86-50(3)90)75(124-59(12)99)72(121-56(9)96)62(127-78)44-118-53(6)93/h60-62,67-78H,13-47,80H2,1-12H3,(H,81,100)(H,82,101)(H,83,102)(H,84,88)(H,85,89)(H,86,90)(H,87,103). The van der Waals surface area contributed by atoms with Gasteiger partial charge in [0, 0.05) is 128 Å². The van der Waals surface area contributed by atoms with Crippen molar-refractivity contribution < 1.29 is 190 Å². The smallest absolute Gasteiger partial charge is 0.303 e. The van der Waals surface area contributed by atoms with Gasteiger partial charge in [-0.25, -0.2) is 0 Å². The molecule has 3 aliphatic rings. The van der Waals surface area contributed by atoms with Crippen molar-refractivity contribution in [3.05, 3.63) is 0 Å². The summed E-state index contributed by atoms with van der Waals surface area (Å²) in [5.41, 5.74) is 4.27.